The molecule has 0 bridgehead atoms. The average Bonchev–Trinajstić information content (AvgIpc) is 2.47. The highest BCUT2D eigenvalue weighted by Crippen LogP contribution is 2.17. The molecular formula is C13H18N4O2S. The maximum absolute atomic E-state index is 12.1. The van der Waals surface area contributed by atoms with Crippen LogP contribution in [0.25, 0.3) is 0 Å². The molecule has 1 aromatic rings. The lowest BCUT2D eigenvalue weighted by molar-refractivity contribution is 0.380. The zero-order valence-corrected chi connectivity index (χ0v) is 12.5. The predicted octanol–water partition coefficient (Wildman–Crippen LogP) is 0.813. The molecule has 0 aliphatic carbocycles. The number of anilines is 1. The Morgan fingerprint density at radius 2 is 1.95 bits per heavy atom. The van der Waals surface area contributed by atoms with Crippen molar-refractivity contribution in [3.63, 3.8) is 0 Å². The van der Waals surface area contributed by atoms with Crippen LogP contribution in [0.4, 0.5) is 5.82 Å². The van der Waals surface area contributed by atoms with E-state index in [4.69, 9.17) is 5.26 Å². The van der Waals surface area contributed by atoms with E-state index in [2.05, 4.69) is 11.1 Å². The molecule has 0 amide bonds. The summed E-state index contributed by atoms with van der Waals surface area (Å²) in [5.74, 6) is 0.727. The second-order valence-electron chi connectivity index (χ2n) is 4.99. The fraction of sp³-hybridized carbons (Fsp3) is 0.538. The molecule has 0 radical (unpaired) electrons. The summed E-state index contributed by atoms with van der Waals surface area (Å²) in [6, 6.07) is 5.47. The van der Waals surface area contributed by atoms with Crippen molar-refractivity contribution in [1.82, 2.24) is 9.29 Å². The Balaban J connectivity index is 2.07. The largest absolute Gasteiger partial charge is 0.354 e. The molecule has 0 N–H and O–H groups in total. The standard InChI is InChI=1S/C13H18N4O2S/c1-11(2)20(18,19)17-7-5-16(6-8-17)13-9-12(10-14)3-4-15-13/h3-4,9,11H,5-8H2,1-2H3. The van der Waals surface area contributed by atoms with Crippen LogP contribution in [0, 0.1) is 11.3 Å². The predicted molar refractivity (Wildman–Crippen MR) is 76.8 cm³/mol. The maximum atomic E-state index is 12.1. The Hall–Kier alpha value is -1.65. The first kappa shape index (κ1) is 14.8. The van der Waals surface area contributed by atoms with Gasteiger partial charge in [-0.2, -0.15) is 9.57 Å². The van der Waals surface area contributed by atoms with E-state index in [-0.39, 0.29) is 0 Å². The molecule has 0 atom stereocenters. The number of rotatable bonds is 3. The van der Waals surface area contributed by atoms with Gasteiger partial charge in [0.2, 0.25) is 10.0 Å². The van der Waals surface area contributed by atoms with Crippen molar-refractivity contribution in [2.75, 3.05) is 31.1 Å². The molecule has 2 rings (SSSR count). The summed E-state index contributed by atoms with van der Waals surface area (Å²) < 4.78 is 25.7. The molecule has 1 aliphatic rings. The van der Waals surface area contributed by atoms with E-state index >= 15 is 0 Å². The molecule has 20 heavy (non-hydrogen) atoms. The first-order valence-corrected chi connectivity index (χ1v) is 8.05. The van der Waals surface area contributed by atoms with Gasteiger partial charge in [-0.3, -0.25) is 0 Å². The highest BCUT2D eigenvalue weighted by molar-refractivity contribution is 7.89. The fourth-order valence-corrected chi connectivity index (χ4v) is 3.40. The van der Waals surface area contributed by atoms with Crippen LogP contribution in [0.2, 0.25) is 0 Å². The van der Waals surface area contributed by atoms with E-state index in [0.29, 0.717) is 31.7 Å². The minimum absolute atomic E-state index is 0.394. The van der Waals surface area contributed by atoms with Crippen LogP contribution in [0.3, 0.4) is 0 Å². The van der Waals surface area contributed by atoms with Gasteiger partial charge in [0.15, 0.2) is 0 Å². The first-order valence-electron chi connectivity index (χ1n) is 6.55. The van der Waals surface area contributed by atoms with Crippen LogP contribution in [0.1, 0.15) is 19.4 Å². The van der Waals surface area contributed by atoms with Crippen LogP contribution in [-0.4, -0.2) is 49.1 Å². The van der Waals surface area contributed by atoms with Gasteiger partial charge in [-0.25, -0.2) is 13.4 Å². The van der Waals surface area contributed by atoms with Crippen LogP contribution >= 0.6 is 0 Å². The number of nitrogens with zero attached hydrogens (tertiary/aromatic N) is 4. The lowest BCUT2D eigenvalue weighted by Gasteiger charge is -2.35. The third kappa shape index (κ3) is 2.92. The molecule has 1 fully saturated rings. The van der Waals surface area contributed by atoms with Crippen LogP contribution in [0.15, 0.2) is 18.3 Å². The summed E-state index contributed by atoms with van der Waals surface area (Å²) in [5, 5.41) is 8.49. The molecule has 0 spiro atoms. The summed E-state index contributed by atoms with van der Waals surface area (Å²) >= 11 is 0. The van der Waals surface area contributed by atoms with Gasteiger partial charge < -0.3 is 4.90 Å². The van der Waals surface area contributed by atoms with Crippen molar-refractivity contribution in [2.24, 2.45) is 0 Å². The van der Waals surface area contributed by atoms with Crippen molar-refractivity contribution in [3.8, 4) is 6.07 Å². The van der Waals surface area contributed by atoms with Gasteiger partial charge in [-0.15, -0.1) is 0 Å². The number of piperazine rings is 1. The summed E-state index contributed by atoms with van der Waals surface area (Å²) in [5.41, 5.74) is 0.562. The second kappa shape index (κ2) is 5.77. The lowest BCUT2D eigenvalue weighted by Crippen LogP contribution is -2.50. The van der Waals surface area contributed by atoms with Crippen molar-refractivity contribution in [3.05, 3.63) is 23.9 Å². The van der Waals surface area contributed by atoms with Gasteiger partial charge in [0.25, 0.3) is 0 Å². The van der Waals surface area contributed by atoms with Gasteiger partial charge in [0.1, 0.15) is 5.82 Å². The Kier molecular flexibility index (Phi) is 4.26. The zero-order chi connectivity index (χ0) is 14.8. The van der Waals surface area contributed by atoms with Crippen LogP contribution in [0.5, 0.6) is 0 Å². The number of sulfonamides is 1. The lowest BCUT2D eigenvalue weighted by atomic mass is 10.2. The summed E-state index contributed by atoms with van der Waals surface area (Å²) in [7, 11) is -3.18. The zero-order valence-electron chi connectivity index (χ0n) is 11.7. The summed E-state index contributed by atoms with van der Waals surface area (Å²) in [6.45, 7) is 5.49. The minimum atomic E-state index is -3.18. The second-order valence-corrected chi connectivity index (χ2v) is 7.48. The third-order valence-electron chi connectivity index (χ3n) is 3.39. The van der Waals surface area contributed by atoms with Gasteiger partial charge in [0, 0.05) is 32.4 Å². The van der Waals surface area contributed by atoms with E-state index in [1.165, 1.54) is 4.31 Å². The van der Waals surface area contributed by atoms with E-state index in [1.54, 1.807) is 32.2 Å². The SMILES string of the molecule is CC(C)S(=O)(=O)N1CCN(c2cc(C#N)ccn2)CC1. The van der Waals surface area contributed by atoms with Gasteiger partial charge in [-0.05, 0) is 26.0 Å². The Morgan fingerprint density at radius 1 is 1.30 bits per heavy atom. The smallest absolute Gasteiger partial charge is 0.216 e. The molecule has 1 saturated heterocycles. The molecule has 2 heterocycles. The quantitative estimate of drug-likeness (QED) is 0.824. The number of aromatic nitrogens is 1. The topological polar surface area (TPSA) is 77.3 Å². The fourth-order valence-electron chi connectivity index (χ4n) is 2.13. The van der Waals surface area contributed by atoms with Gasteiger partial charge in [0.05, 0.1) is 16.9 Å². The summed E-state index contributed by atoms with van der Waals surface area (Å²) in [6.07, 6.45) is 1.60. The molecule has 1 aliphatic heterocycles. The van der Waals surface area contributed by atoms with E-state index < -0.39 is 15.3 Å². The molecule has 1 aromatic heterocycles. The molecule has 108 valence electrons. The van der Waals surface area contributed by atoms with E-state index in [1.807, 2.05) is 4.90 Å². The third-order valence-corrected chi connectivity index (χ3v) is 5.67. The molecule has 0 saturated carbocycles. The van der Waals surface area contributed by atoms with Crippen molar-refractivity contribution in [1.29, 1.82) is 5.26 Å². The first-order chi connectivity index (χ1) is 9.45. The molecule has 6 nitrogen and oxygen atoms in total. The van der Waals surface area contributed by atoms with Crippen LogP contribution < -0.4 is 4.90 Å². The number of nitriles is 1. The Labute approximate surface area is 119 Å². The van der Waals surface area contributed by atoms with Crippen molar-refractivity contribution < 1.29 is 8.42 Å². The molecular weight excluding hydrogens is 276 g/mol. The van der Waals surface area contributed by atoms with Crippen molar-refractivity contribution >= 4 is 15.8 Å². The molecule has 0 aromatic carbocycles. The minimum Gasteiger partial charge on any atom is -0.354 e. The highest BCUT2D eigenvalue weighted by Gasteiger charge is 2.29. The van der Waals surface area contributed by atoms with E-state index in [0.717, 1.165) is 5.82 Å². The van der Waals surface area contributed by atoms with Gasteiger partial charge >= 0.3 is 0 Å². The van der Waals surface area contributed by atoms with E-state index in [9.17, 15) is 8.42 Å². The number of pyridine rings is 1. The Morgan fingerprint density at radius 3 is 2.50 bits per heavy atom. The number of hydrogen-bond donors (Lipinski definition) is 0. The summed E-state index contributed by atoms with van der Waals surface area (Å²) in [4.78, 5) is 6.25. The Bertz CT molecular complexity index is 614. The molecule has 0 unspecified atom stereocenters. The normalized spacial score (nSPS) is 17.2. The van der Waals surface area contributed by atoms with Crippen molar-refractivity contribution in [2.45, 2.75) is 19.1 Å². The van der Waals surface area contributed by atoms with Gasteiger partial charge in [-0.1, -0.05) is 0 Å². The molecule has 7 heteroatoms. The maximum Gasteiger partial charge on any atom is 0.216 e. The monoisotopic (exact) mass is 294 g/mol. The van der Waals surface area contributed by atoms with Crippen LogP contribution in [-0.2, 0) is 10.0 Å². The highest BCUT2D eigenvalue weighted by atomic mass is 32.2. The average molecular weight is 294 g/mol. The number of hydrogen-bond acceptors (Lipinski definition) is 5.